The Kier molecular flexibility index (Phi) is 5.16. The smallest absolute Gasteiger partial charge is 0.159 e. The van der Waals surface area contributed by atoms with Gasteiger partial charge >= 0.3 is 0 Å². The number of anilines is 1. The number of Topliss-reactive ketones (excluding diaryl/α,β-unsaturated/α-hetero) is 1. The van der Waals surface area contributed by atoms with Crippen LogP contribution >= 0.6 is 0 Å². The van der Waals surface area contributed by atoms with Crippen molar-refractivity contribution in [1.29, 1.82) is 0 Å². The highest BCUT2D eigenvalue weighted by Crippen LogP contribution is 2.28. The van der Waals surface area contributed by atoms with Gasteiger partial charge in [0.05, 0.1) is 12.8 Å². The zero-order valence-corrected chi connectivity index (χ0v) is 14.4. The molecule has 0 atom stereocenters. The molecule has 0 amide bonds. The third-order valence-corrected chi connectivity index (χ3v) is 4.54. The van der Waals surface area contributed by atoms with E-state index in [-0.39, 0.29) is 5.78 Å². The first-order chi connectivity index (χ1) is 11.7. The van der Waals surface area contributed by atoms with Crippen molar-refractivity contribution >= 4 is 11.5 Å². The number of methoxy groups -OCH3 is 1. The maximum Gasteiger partial charge on any atom is 0.159 e. The molecule has 1 saturated heterocycles. The molecule has 2 aromatic carbocycles. The van der Waals surface area contributed by atoms with Gasteiger partial charge in [0, 0.05) is 38.3 Å². The van der Waals surface area contributed by atoms with E-state index in [1.54, 1.807) is 14.0 Å². The van der Waals surface area contributed by atoms with Gasteiger partial charge in [-0.3, -0.25) is 9.69 Å². The number of ketones is 1. The molecule has 1 aliphatic heterocycles. The number of nitrogens with zero attached hydrogens (tertiary/aromatic N) is 2. The fourth-order valence-electron chi connectivity index (χ4n) is 3.18. The molecule has 0 aromatic heterocycles. The van der Waals surface area contributed by atoms with Crippen LogP contribution in [0.4, 0.5) is 5.69 Å². The maximum absolute atomic E-state index is 11.5. The van der Waals surface area contributed by atoms with Gasteiger partial charge in [-0.1, -0.05) is 30.3 Å². The third kappa shape index (κ3) is 3.77. The number of hydrogen-bond acceptors (Lipinski definition) is 4. The standard InChI is InChI=1S/C20H24N2O2/c1-16(23)18-7-5-6-17(14-18)15-21-10-12-22(13-11-21)19-8-3-4-9-20(19)24-2/h3-9,14H,10-13,15H2,1-2H3. The summed E-state index contributed by atoms with van der Waals surface area (Å²) in [5.74, 6) is 1.05. The van der Waals surface area contributed by atoms with Crippen molar-refractivity contribution in [3.05, 3.63) is 59.7 Å². The topological polar surface area (TPSA) is 32.8 Å². The van der Waals surface area contributed by atoms with Gasteiger partial charge in [0.2, 0.25) is 0 Å². The molecular weight excluding hydrogens is 300 g/mol. The first kappa shape index (κ1) is 16.5. The fourth-order valence-corrected chi connectivity index (χ4v) is 3.18. The van der Waals surface area contributed by atoms with E-state index in [1.807, 2.05) is 30.3 Å². The molecule has 1 heterocycles. The molecule has 1 fully saturated rings. The molecular formula is C20H24N2O2. The summed E-state index contributed by atoms with van der Waals surface area (Å²) in [4.78, 5) is 16.3. The van der Waals surface area contributed by atoms with Gasteiger partial charge < -0.3 is 9.64 Å². The molecule has 0 N–H and O–H groups in total. The molecule has 0 aliphatic carbocycles. The maximum atomic E-state index is 11.5. The minimum atomic E-state index is 0.123. The Morgan fingerprint density at radius 1 is 1.04 bits per heavy atom. The predicted molar refractivity (Wildman–Crippen MR) is 96.9 cm³/mol. The summed E-state index contributed by atoms with van der Waals surface area (Å²) >= 11 is 0. The second-order valence-electron chi connectivity index (χ2n) is 6.19. The summed E-state index contributed by atoms with van der Waals surface area (Å²) in [7, 11) is 1.72. The number of carbonyl (C=O) groups excluding carboxylic acids is 1. The molecule has 3 rings (SSSR count). The van der Waals surface area contributed by atoms with Gasteiger partial charge in [0.1, 0.15) is 5.75 Å². The summed E-state index contributed by atoms with van der Waals surface area (Å²) in [6, 6.07) is 16.1. The minimum Gasteiger partial charge on any atom is -0.495 e. The highest BCUT2D eigenvalue weighted by molar-refractivity contribution is 5.94. The molecule has 0 saturated carbocycles. The SMILES string of the molecule is COc1ccccc1N1CCN(Cc2cccc(C(C)=O)c2)CC1. The van der Waals surface area contributed by atoms with Crippen LogP contribution in [0.15, 0.2) is 48.5 Å². The van der Waals surface area contributed by atoms with Crippen LogP contribution in [-0.4, -0.2) is 44.0 Å². The summed E-state index contributed by atoms with van der Waals surface area (Å²) in [5.41, 5.74) is 3.16. The minimum absolute atomic E-state index is 0.123. The van der Waals surface area contributed by atoms with Crippen LogP contribution in [0.1, 0.15) is 22.8 Å². The largest absolute Gasteiger partial charge is 0.495 e. The predicted octanol–water partition coefficient (Wildman–Crippen LogP) is 3.22. The van der Waals surface area contributed by atoms with Crippen LogP contribution in [0.5, 0.6) is 5.75 Å². The summed E-state index contributed by atoms with van der Waals surface area (Å²) in [6.45, 7) is 6.47. The quantitative estimate of drug-likeness (QED) is 0.791. The van der Waals surface area contributed by atoms with Crippen molar-refractivity contribution in [3.63, 3.8) is 0 Å². The lowest BCUT2D eigenvalue weighted by Gasteiger charge is -2.36. The fraction of sp³-hybridized carbons (Fsp3) is 0.350. The summed E-state index contributed by atoms with van der Waals surface area (Å²) < 4.78 is 5.47. The average molecular weight is 324 g/mol. The first-order valence-electron chi connectivity index (χ1n) is 8.37. The van der Waals surface area contributed by atoms with Crippen LogP contribution in [0.25, 0.3) is 0 Å². The van der Waals surface area contributed by atoms with Crippen LogP contribution in [0, 0.1) is 0 Å². The van der Waals surface area contributed by atoms with E-state index in [0.29, 0.717) is 0 Å². The molecule has 0 spiro atoms. The molecule has 4 heteroatoms. The Balaban J connectivity index is 1.61. The van der Waals surface area contributed by atoms with Gasteiger partial charge in [0.15, 0.2) is 5.78 Å². The normalized spacial score (nSPS) is 15.3. The first-order valence-corrected chi connectivity index (χ1v) is 8.37. The van der Waals surface area contributed by atoms with Crippen molar-refractivity contribution in [2.24, 2.45) is 0 Å². The molecule has 0 unspecified atom stereocenters. The van der Waals surface area contributed by atoms with Gasteiger partial charge in [-0.2, -0.15) is 0 Å². The monoisotopic (exact) mass is 324 g/mol. The zero-order chi connectivity index (χ0) is 16.9. The number of ether oxygens (including phenoxy) is 1. The van der Waals surface area contributed by atoms with E-state index in [2.05, 4.69) is 28.0 Å². The lowest BCUT2D eigenvalue weighted by Crippen LogP contribution is -2.46. The highest BCUT2D eigenvalue weighted by Gasteiger charge is 2.19. The Morgan fingerprint density at radius 2 is 1.79 bits per heavy atom. The molecule has 4 nitrogen and oxygen atoms in total. The van der Waals surface area contributed by atoms with Crippen molar-refractivity contribution in [2.75, 3.05) is 38.2 Å². The Bertz CT molecular complexity index is 706. The van der Waals surface area contributed by atoms with Gasteiger partial charge in [-0.25, -0.2) is 0 Å². The average Bonchev–Trinajstić information content (AvgIpc) is 2.62. The number of para-hydroxylation sites is 2. The van der Waals surface area contributed by atoms with Crippen molar-refractivity contribution in [1.82, 2.24) is 4.90 Å². The lowest BCUT2D eigenvalue weighted by molar-refractivity contribution is 0.101. The molecule has 126 valence electrons. The number of rotatable bonds is 5. The van der Waals surface area contributed by atoms with E-state index in [0.717, 1.165) is 44.0 Å². The van der Waals surface area contributed by atoms with Crippen LogP contribution in [0.3, 0.4) is 0 Å². The van der Waals surface area contributed by atoms with Crippen LogP contribution in [0.2, 0.25) is 0 Å². The molecule has 2 aromatic rings. The van der Waals surface area contributed by atoms with Crippen molar-refractivity contribution in [3.8, 4) is 5.75 Å². The highest BCUT2D eigenvalue weighted by atomic mass is 16.5. The van der Waals surface area contributed by atoms with E-state index in [9.17, 15) is 4.79 Å². The van der Waals surface area contributed by atoms with Crippen molar-refractivity contribution < 1.29 is 9.53 Å². The van der Waals surface area contributed by atoms with E-state index in [4.69, 9.17) is 4.74 Å². The molecule has 1 aliphatic rings. The summed E-state index contributed by atoms with van der Waals surface area (Å²) in [5, 5.41) is 0. The third-order valence-electron chi connectivity index (χ3n) is 4.54. The molecule has 0 bridgehead atoms. The summed E-state index contributed by atoms with van der Waals surface area (Å²) in [6.07, 6.45) is 0. The lowest BCUT2D eigenvalue weighted by atomic mass is 10.1. The Morgan fingerprint density at radius 3 is 2.50 bits per heavy atom. The van der Waals surface area contributed by atoms with E-state index < -0.39 is 0 Å². The molecule has 24 heavy (non-hydrogen) atoms. The van der Waals surface area contributed by atoms with Gasteiger partial charge in [0.25, 0.3) is 0 Å². The van der Waals surface area contributed by atoms with Crippen LogP contribution in [-0.2, 0) is 6.54 Å². The number of carbonyl (C=O) groups is 1. The molecule has 0 radical (unpaired) electrons. The van der Waals surface area contributed by atoms with E-state index >= 15 is 0 Å². The Hall–Kier alpha value is -2.33. The zero-order valence-electron chi connectivity index (χ0n) is 14.4. The van der Waals surface area contributed by atoms with Crippen molar-refractivity contribution in [2.45, 2.75) is 13.5 Å². The number of hydrogen-bond donors (Lipinski definition) is 0. The van der Waals surface area contributed by atoms with Gasteiger partial charge in [-0.05, 0) is 30.7 Å². The second kappa shape index (κ2) is 7.49. The second-order valence-corrected chi connectivity index (χ2v) is 6.19. The number of benzene rings is 2. The Labute approximate surface area is 143 Å². The van der Waals surface area contributed by atoms with Gasteiger partial charge in [-0.15, -0.1) is 0 Å². The van der Waals surface area contributed by atoms with Crippen LogP contribution < -0.4 is 9.64 Å². The van der Waals surface area contributed by atoms with E-state index in [1.165, 1.54) is 11.3 Å². The number of piperazine rings is 1.